The third-order valence-electron chi connectivity index (χ3n) is 2.00. The summed E-state index contributed by atoms with van der Waals surface area (Å²) in [5.74, 6) is 0.897. The maximum absolute atomic E-state index is 10.2. The lowest BCUT2D eigenvalue weighted by molar-refractivity contribution is 0.288. The Morgan fingerprint density at radius 3 is 3.17 bits per heavy atom. The normalized spacial score (nSPS) is 14.7. The van der Waals surface area contributed by atoms with E-state index in [0.717, 1.165) is 30.8 Å². The van der Waals surface area contributed by atoms with Crippen molar-refractivity contribution in [1.29, 1.82) is 0 Å². The zero-order valence-corrected chi connectivity index (χ0v) is 6.62. The second kappa shape index (κ2) is 2.93. The molecule has 62 valence electrons. The van der Waals surface area contributed by atoms with Gasteiger partial charge in [0.05, 0.1) is 6.61 Å². The topological polar surface area (TPSA) is 38.7 Å². The van der Waals surface area contributed by atoms with Crippen LogP contribution in [0.25, 0.3) is 0 Å². The molecule has 1 aromatic carbocycles. The number of nitroso groups, excluding NO2 is 1. The van der Waals surface area contributed by atoms with Crippen molar-refractivity contribution in [1.82, 2.24) is 0 Å². The van der Waals surface area contributed by atoms with Gasteiger partial charge in [-0.05, 0) is 41.8 Å². The minimum absolute atomic E-state index is 0.485. The molecule has 12 heavy (non-hydrogen) atoms. The molecule has 0 atom stereocenters. The second-order valence-corrected chi connectivity index (χ2v) is 2.84. The number of benzene rings is 1. The Hall–Kier alpha value is -1.38. The van der Waals surface area contributed by atoms with Crippen LogP contribution in [-0.4, -0.2) is 6.61 Å². The zero-order valence-electron chi connectivity index (χ0n) is 6.62. The molecule has 0 aromatic heterocycles. The van der Waals surface area contributed by atoms with Gasteiger partial charge >= 0.3 is 0 Å². The monoisotopic (exact) mass is 163 g/mol. The van der Waals surface area contributed by atoms with E-state index in [1.165, 1.54) is 0 Å². The Morgan fingerprint density at radius 2 is 2.33 bits per heavy atom. The molecule has 3 nitrogen and oxygen atoms in total. The van der Waals surface area contributed by atoms with Gasteiger partial charge < -0.3 is 4.74 Å². The summed E-state index contributed by atoms with van der Waals surface area (Å²) in [4.78, 5) is 10.2. The van der Waals surface area contributed by atoms with Gasteiger partial charge in [-0.1, -0.05) is 0 Å². The molecule has 0 aliphatic carbocycles. The summed E-state index contributed by atoms with van der Waals surface area (Å²) >= 11 is 0. The molecule has 2 rings (SSSR count). The van der Waals surface area contributed by atoms with Crippen molar-refractivity contribution in [3.05, 3.63) is 28.7 Å². The highest BCUT2D eigenvalue weighted by Gasteiger charge is 2.10. The van der Waals surface area contributed by atoms with E-state index in [1.54, 1.807) is 12.1 Å². The van der Waals surface area contributed by atoms with E-state index in [2.05, 4.69) is 5.18 Å². The average Bonchev–Trinajstić information content (AvgIpc) is 2.17. The number of rotatable bonds is 1. The molecule has 0 fully saturated rings. The first-order chi connectivity index (χ1) is 5.90. The molecule has 0 bridgehead atoms. The molecule has 0 saturated carbocycles. The van der Waals surface area contributed by atoms with Crippen molar-refractivity contribution in [2.75, 3.05) is 6.61 Å². The molecule has 1 aromatic rings. The van der Waals surface area contributed by atoms with Crippen LogP contribution in [0.4, 0.5) is 5.69 Å². The second-order valence-electron chi connectivity index (χ2n) is 2.84. The van der Waals surface area contributed by atoms with Crippen LogP contribution in [0.3, 0.4) is 0 Å². The molecule has 0 unspecified atom stereocenters. The van der Waals surface area contributed by atoms with E-state index < -0.39 is 0 Å². The third kappa shape index (κ3) is 1.18. The summed E-state index contributed by atoms with van der Waals surface area (Å²) in [6, 6.07) is 5.28. The first-order valence-corrected chi connectivity index (χ1v) is 3.99. The molecule has 3 heteroatoms. The summed E-state index contributed by atoms with van der Waals surface area (Å²) in [7, 11) is 0. The predicted molar refractivity (Wildman–Crippen MR) is 45.7 cm³/mol. The van der Waals surface area contributed by atoms with Crippen molar-refractivity contribution in [2.45, 2.75) is 12.8 Å². The van der Waals surface area contributed by atoms with Crippen molar-refractivity contribution < 1.29 is 4.74 Å². The minimum atomic E-state index is 0.485. The summed E-state index contributed by atoms with van der Waals surface area (Å²) < 4.78 is 5.38. The van der Waals surface area contributed by atoms with Gasteiger partial charge in [0.2, 0.25) is 0 Å². The molecule has 0 spiro atoms. The van der Waals surface area contributed by atoms with E-state index in [9.17, 15) is 4.91 Å². The summed E-state index contributed by atoms with van der Waals surface area (Å²) in [5, 5.41) is 2.87. The fourth-order valence-electron chi connectivity index (χ4n) is 1.40. The van der Waals surface area contributed by atoms with Crippen LogP contribution >= 0.6 is 0 Å². The highest BCUT2D eigenvalue weighted by Crippen LogP contribution is 2.28. The molecule has 0 amide bonds. The van der Waals surface area contributed by atoms with Gasteiger partial charge in [0, 0.05) is 0 Å². The van der Waals surface area contributed by atoms with Gasteiger partial charge in [-0.15, -0.1) is 4.91 Å². The number of fused-ring (bicyclic) bond motifs is 1. The Labute approximate surface area is 70.3 Å². The number of nitrogens with zero attached hydrogens (tertiary/aromatic N) is 1. The number of hydrogen-bond donors (Lipinski definition) is 0. The number of hydrogen-bond acceptors (Lipinski definition) is 3. The Bertz CT molecular complexity index is 309. The summed E-state index contributed by atoms with van der Waals surface area (Å²) in [6.45, 7) is 0.779. The lowest BCUT2D eigenvalue weighted by Crippen LogP contribution is -2.07. The van der Waals surface area contributed by atoms with Crippen LogP contribution in [0, 0.1) is 4.91 Å². The number of ether oxygens (including phenoxy) is 1. The van der Waals surface area contributed by atoms with E-state index >= 15 is 0 Å². The number of aryl methyl sites for hydroxylation is 1. The molecule has 1 aliphatic rings. The average molecular weight is 163 g/mol. The van der Waals surface area contributed by atoms with Crippen molar-refractivity contribution >= 4 is 5.69 Å². The van der Waals surface area contributed by atoms with Gasteiger partial charge in [-0.3, -0.25) is 0 Å². The standard InChI is InChI=1S/C9H9NO2/c11-10-8-3-4-9-7(6-8)2-1-5-12-9/h3-4,6H,1-2,5H2. The minimum Gasteiger partial charge on any atom is -0.493 e. The van der Waals surface area contributed by atoms with E-state index in [-0.39, 0.29) is 0 Å². The van der Waals surface area contributed by atoms with E-state index in [4.69, 9.17) is 4.74 Å². The molecular weight excluding hydrogens is 154 g/mol. The van der Waals surface area contributed by atoms with E-state index in [1.807, 2.05) is 6.07 Å². The van der Waals surface area contributed by atoms with E-state index in [0.29, 0.717) is 5.69 Å². The van der Waals surface area contributed by atoms with Gasteiger partial charge in [0.15, 0.2) is 0 Å². The van der Waals surface area contributed by atoms with Crippen LogP contribution in [0.5, 0.6) is 5.75 Å². The lowest BCUT2D eigenvalue weighted by Gasteiger charge is -2.16. The first-order valence-electron chi connectivity index (χ1n) is 3.99. The molecule has 1 aliphatic heterocycles. The van der Waals surface area contributed by atoms with Crippen LogP contribution in [0.15, 0.2) is 23.4 Å². The van der Waals surface area contributed by atoms with Crippen LogP contribution < -0.4 is 4.74 Å². The highest BCUT2D eigenvalue weighted by atomic mass is 16.5. The Kier molecular flexibility index (Phi) is 1.78. The largest absolute Gasteiger partial charge is 0.493 e. The van der Waals surface area contributed by atoms with Crippen molar-refractivity contribution in [3.63, 3.8) is 0 Å². The SMILES string of the molecule is O=Nc1ccc2c(c1)CCCO2. The quantitative estimate of drug-likeness (QED) is 0.596. The Balaban J connectivity index is 2.42. The highest BCUT2D eigenvalue weighted by molar-refractivity contribution is 5.47. The maximum Gasteiger partial charge on any atom is 0.122 e. The van der Waals surface area contributed by atoms with Crippen molar-refractivity contribution in [2.24, 2.45) is 5.18 Å². The van der Waals surface area contributed by atoms with Gasteiger partial charge in [-0.25, -0.2) is 0 Å². The zero-order chi connectivity index (χ0) is 8.39. The predicted octanol–water partition coefficient (Wildman–Crippen LogP) is 2.41. The smallest absolute Gasteiger partial charge is 0.122 e. The van der Waals surface area contributed by atoms with Crippen LogP contribution in [-0.2, 0) is 6.42 Å². The van der Waals surface area contributed by atoms with Gasteiger partial charge in [-0.2, -0.15) is 0 Å². The molecule has 0 saturated heterocycles. The summed E-state index contributed by atoms with van der Waals surface area (Å²) in [5.41, 5.74) is 1.58. The fourth-order valence-corrected chi connectivity index (χ4v) is 1.40. The fraction of sp³-hybridized carbons (Fsp3) is 0.333. The van der Waals surface area contributed by atoms with Crippen LogP contribution in [0.2, 0.25) is 0 Å². The van der Waals surface area contributed by atoms with Crippen LogP contribution in [0.1, 0.15) is 12.0 Å². The molecule has 0 radical (unpaired) electrons. The third-order valence-corrected chi connectivity index (χ3v) is 2.00. The molecule has 1 heterocycles. The maximum atomic E-state index is 10.2. The van der Waals surface area contributed by atoms with Gasteiger partial charge in [0.25, 0.3) is 0 Å². The Morgan fingerprint density at radius 1 is 1.42 bits per heavy atom. The first kappa shape index (κ1) is 7.28. The molecule has 0 N–H and O–H groups in total. The van der Waals surface area contributed by atoms with Gasteiger partial charge in [0.1, 0.15) is 11.4 Å². The lowest BCUT2D eigenvalue weighted by atomic mass is 10.1. The molecular formula is C9H9NO2. The van der Waals surface area contributed by atoms with Crippen molar-refractivity contribution in [3.8, 4) is 5.75 Å². The summed E-state index contributed by atoms with van der Waals surface area (Å²) in [6.07, 6.45) is 2.01.